The van der Waals surface area contributed by atoms with Crippen molar-refractivity contribution in [3.8, 4) is 0 Å². The van der Waals surface area contributed by atoms with E-state index in [1.54, 1.807) is 0 Å². The highest BCUT2D eigenvalue weighted by Crippen LogP contribution is 2.69. The minimum Gasteiger partial charge on any atom is -0.352 e. The van der Waals surface area contributed by atoms with Gasteiger partial charge >= 0.3 is 0 Å². The molecule has 4 saturated carbocycles. The molecule has 29 heavy (non-hydrogen) atoms. The number of hydrogen-bond acceptors (Lipinski definition) is 2. The third-order valence-electron chi connectivity index (χ3n) is 7.74. The monoisotopic (exact) mass is 396 g/mol. The van der Waals surface area contributed by atoms with Crippen molar-refractivity contribution in [3.63, 3.8) is 0 Å². The SMILES string of the molecule is CCC(C)NC(=O)c1cccc(CNC(=O)C23CC4CC(C)(CC(C)(C4)C2)C3)c1. The molecule has 3 unspecified atom stereocenters. The largest absolute Gasteiger partial charge is 0.352 e. The predicted octanol–water partition coefficient (Wildman–Crippen LogP) is 4.83. The summed E-state index contributed by atoms with van der Waals surface area (Å²) in [7, 11) is 0. The quantitative estimate of drug-likeness (QED) is 0.724. The van der Waals surface area contributed by atoms with E-state index in [2.05, 4.69) is 31.4 Å². The Bertz CT molecular complexity index is 799. The van der Waals surface area contributed by atoms with Crippen molar-refractivity contribution in [2.24, 2.45) is 22.2 Å². The van der Waals surface area contributed by atoms with Crippen LogP contribution in [0.3, 0.4) is 0 Å². The van der Waals surface area contributed by atoms with Gasteiger partial charge in [-0.3, -0.25) is 9.59 Å². The van der Waals surface area contributed by atoms with Gasteiger partial charge in [0.2, 0.25) is 5.91 Å². The Morgan fingerprint density at radius 3 is 2.41 bits per heavy atom. The van der Waals surface area contributed by atoms with E-state index in [0.29, 0.717) is 28.9 Å². The van der Waals surface area contributed by atoms with E-state index in [1.165, 1.54) is 19.3 Å². The molecule has 2 N–H and O–H groups in total. The molecule has 4 aliphatic rings. The van der Waals surface area contributed by atoms with Gasteiger partial charge in [-0.1, -0.05) is 32.9 Å². The second kappa shape index (κ2) is 7.14. The maximum Gasteiger partial charge on any atom is 0.251 e. The Morgan fingerprint density at radius 2 is 1.79 bits per heavy atom. The van der Waals surface area contributed by atoms with Gasteiger partial charge in [0.05, 0.1) is 5.41 Å². The maximum absolute atomic E-state index is 13.4. The van der Waals surface area contributed by atoms with Gasteiger partial charge in [0.15, 0.2) is 0 Å². The maximum atomic E-state index is 13.4. The molecule has 1 aromatic rings. The molecule has 1 aromatic carbocycles. The van der Waals surface area contributed by atoms with Crippen LogP contribution in [0.2, 0.25) is 0 Å². The molecule has 0 spiro atoms. The molecule has 4 nitrogen and oxygen atoms in total. The second-order valence-electron chi connectivity index (χ2n) is 11.1. The summed E-state index contributed by atoms with van der Waals surface area (Å²) in [5.41, 5.74) is 2.12. The Labute approximate surface area is 175 Å². The van der Waals surface area contributed by atoms with Gasteiger partial charge in [0.1, 0.15) is 0 Å². The van der Waals surface area contributed by atoms with E-state index >= 15 is 0 Å². The Morgan fingerprint density at radius 1 is 1.10 bits per heavy atom. The van der Waals surface area contributed by atoms with Crippen molar-refractivity contribution in [2.75, 3.05) is 0 Å². The average Bonchev–Trinajstić information content (AvgIpc) is 2.63. The zero-order valence-electron chi connectivity index (χ0n) is 18.4. The summed E-state index contributed by atoms with van der Waals surface area (Å²) < 4.78 is 0. The van der Waals surface area contributed by atoms with Crippen LogP contribution in [0, 0.1) is 22.2 Å². The molecule has 0 radical (unpaired) electrons. The third kappa shape index (κ3) is 3.95. The fourth-order valence-corrected chi connectivity index (χ4v) is 7.30. The van der Waals surface area contributed by atoms with E-state index in [4.69, 9.17) is 0 Å². The molecule has 3 atom stereocenters. The van der Waals surface area contributed by atoms with Crippen molar-refractivity contribution in [2.45, 2.75) is 85.2 Å². The summed E-state index contributed by atoms with van der Waals surface area (Å²) in [6.07, 6.45) is 7.91. The lowest BCUT2D eigenvalue weighted by Crippen LogP contribution is -2.59. The molecule has 4 aliphatic carbocycles. The highest BCUT2D eigenvalue weighted by atomic mass is 16.2. The molecule has 4 fully saturated rings. The number of amides is 2. The Kier molecular flexibility index (Phi) is 5.03. The van der Waals surface area contributed by atoms with Gasteiger partial charge in [-0.15, -0.1) is 0 Å². The first-order chi connectivity index (χ1) is 13.6. The van der Waals surface area contributed by atoms with Crippen molar-refractivity contribution in [1.82, 2.24) is 10.6 Å². The number of carbonyl (C=O) groups is 2. The first-order valence-electron chi connectivity index (χ1n) is 11.3. The highest BCUT2D eigenvalue weighted by Gasteiger charge is 2.62. The molecular formula is C25H36N2O2. The number of carbonyl (C=O) groups excluding carboxylic acids is 2. The topological polar surface area (TPSA) is 58.2 Å². The fraction of sp³-hybridized carbons (Fsp3) is 0.680. The molecule has 4 heteroatoms. The summed E-state index contributed by atoms with van der Waals surface area (Å²) in [4.78, 5) is 25.8. The molecule has 0 heterocycles. The number of benzene rings is 1. The Hall–Kier alpha value is -1.84. The molecule has 0 aliphatic heterocycles. The summed E-state index contributed by atoms with van der Waals surface area (Å²) in [6.45, 7) is 9.36. The van der Waals surface area contributed by atoms with Crippen LogP contribution in [0.1, 0.15) is 88.6 Å². The molecule has 0 saturated heterocycles. The van der Waals surface area contributed by atoms with Crippen molar-refractivity contribution in [3.05, 3.63) is 35.4 Å². The minimum atomic E-state index is -0.186. The van der Waals surface area contributed by atoms with E-state index < -0.39 is 0 Å². The summed E-state index contributed by atoms with van der Waals surface area (Å²) in [5.74, 6) is 0.891. The van der Waals surface area contributed by atoms with Gasteiger partial charge in [0.25, 0.3) is 5.91 Å². The zero-order chi connectivity index (χ0) is 20.9. The van der Waals surface area contributed by atoms with Crippen LogP contribution in [0.25, 0.3) is 0 Å². The van der Waals surface area contributed by atoms with Gasteiger partial charge in [-0.05, 0) is 86.3 Å². The van der Waals surface area contributed by atoms with Crippen LogP contribution in [0.15, 0.2) is 24.3 Å². The lowest BCUT2D eigenvalue weighted by Gasteiger charge is -2.64. The van der Waals surface area contributed by atoms with E-state index in [-0.39, 0.29) is 23.3 Å². The molecule has 158 valence electrons. The smallest absolute Gasteiger partial charge is 0.251 e. The van der Waals surface area contributed by atoms with Crippen LogP contribution in [0.4, 0.5) is 0 Å². The van der Waals surface area contributed by atoms with Crippen molar-refractivity contribution < 1.29 is 9.59 Å². The van der Waals surface area contributed by atoms with Crippen LogP contribution in [-0.4, -0.2) is 17.9 Å². The molecule has 0 aromatic heterocycles. The second-order valence-corrected chi connectivity index (χ2v) is 11.1. The van der Waals surface area contributed by atoms with Crippen molar-refractivity contribution in [1.29, 1.82) is 0 Å². The zero-order valence-corrected chi connectivity index (χ0v) is 18.4. The number of nitrogens with one attached hydrogen (secondary N) is 2. The normalized spacial score (nSPS) is 35.9. The predicted molar refractivity (Wildman–Crippen MR) is 115 cm³/mol. The van der Waals surface area contributed by atoms with Gasteiger partial charge in [-0.2, -0.15) is 0 Å². The van der Waals surface area contributed by atoms with Crippen LogP contribution >= 0.6 is 0 Å². The first kappa shape index (κ1) is 20.4. The van der Waals surface area contributed by atoms with Gasteiger partial charge in [-0.25, -0.2) is 0 Å². The van der Waals surface area contributed by atoms with E-state index in [9.17, 15) is 9.59 Å². The van der Waals surface area contributed by atoms with Gasteiger partial charge in [0, 0.05) is 18.2 Å². The average molecular weight is 397 g/mol. The number of rotatable bonds is 6. The van der Waals surface area contributed by atoms with Gasteiger partial charge < -0.3 is 10.6 Å². The molecule has 5 rings (SSSR count). The van der Waals surface area contributed by atoms with Crippen LogP contribution < -0.4 is 10.6 Å². The number of hydrogen-bond donors (Lipinski definition) is 2. The summed E-state index contributed by atoms with van der Waals surface area (Å²) in [5, 5.41) is 6.25. The molecular weight excluding hydrogens is 360 g/mol. The van der Waals surface area contributed by atoms with E-state index in [0.717, 1.165) is 31.2 Å². The first-order valence-corrected chi connectivity index (χ1v) is 11.3. The van der Waals surface area contributed by atoms with Crippen molar-refractivity contribution >= 4 is 11.8 Å². The lowest BCUT2D eigenvalue weighted by molar-refractivity contribution is -0.170. The minimum absolute atomic E-state index is 0.0468. The molecule has 2 amide bonds. The Balaban J connectivity index is 1.43. The molecule has 4 bridgehead atoms. The van der Waals surface area contributed by atoms with Crippen LogP contribution in [0.5, 0.6) is 0 Å². The fourth-order valence-electron chi connectivity index (χ4n) is 7.30. The highest BCUT2D eigenvalue weighted by molar-refractivity contribution is 5.94. The summed E-state index contributed by atoms with van der Waals surface area (Å²) in [6, 6.07) is 7.79. The van der Waals surface area contributed by atoms with Crippen LogP contribution in [-0.2, 0) is 11.3 Å². The standard InChI is InChI=1S/C25H36N2O2/c1-5-17(2)27-21(28)20-8-6-7-18(9-20)13-26-22(29)25-12-19-10-23(3,15-25)14-24(4,11-19)16-25/h6-9,17,19H,5,10-16H2,1-4H3,(H,26,29)(H,27,28). The summed E-state index contributed by atoms with van der Waals surface area (Å²) >= 11 is 0. The third-order valence-corrected chi connectivity index (χ3v) is 7.74. The van der Waals surface area contributed by atoms with E-state index in [1.807, 2.05) is 31.2 Å². The lowest BCUT2D eigenvalue weighted by atomic mass is 9.40.